The first-order valence-electron chi connectivity index (χ1n) is 10.1. The lowest BCUT2D eigenvalue weighted by atomic mass is 9.99. The van der Waals surface area contributed by atoms with Gasteiger partial charge in [0.05, 0.1) is 11.3 Å². The number of amides is 1. The highest BCUT2D eigenvalue weighted by Gasteiger charge is 2.21. The van der Waals surface area contributed by atoms with E-state index in [1.165, 1.54) is 11.1 Å². The maximum absolute atomic E-state index is 13.0. The van der Waals surface area contributed by atoms with Gasteiger partial charge in [-0.2, -0.15) is 0 Å². The molecule has 0 spiro atoms. The fourth-order valence-electron chi connectivity index (χ4n) is 3.90. The first-order chi connectivity index (χ1) is 14.1. The van der Waals surface area contributed by atoms with Gasteiger partial charge >= 0.3 is 0 Å². The summed E-state index contributed by atoms with van der Waals surface area (Å²) >= 11 is 0. The van der Waals surface area contributed by atoms with Crippen LogP contribution in [0.15, 0.2) is 60.8 Å². The molecule has 1 aliphatic rings. The van der Waals surface area contributed by atoms with Crippen molar-refractivity contribution in [1.29, 1.82) is 0 Å². The van der Waals surface area contributed by atoms with Gasteiger partial charge in [0.1, 0.15) is 5.82 Å². The van der Waals surface area contributed by atoms with Crippen molar-refractivity contribution in [3.05, 3.63) is 83.3 Å². The maximum Gasteiger partial charge on any atom is 0.255 e. The number of rotatable bonds is 5. The second-order valence-corrected chi connectivity index (χ2v) is 7.67. The first kappa shape index (κ1) is 19.3. The highest BCUT2D eigenvalue weighted by Crippen LogP contribution is 2.21. The van der Waals surface area contributed by atoms with E-state index in [2.05, 4.69) is 51.4 Å². The summed E-state index contributed by atoms with van der Waals surface area (Å²) in [5, 5.41) is 3.14. The molecule has 0 saturated carbocycles. The number of benzene rings is 2. The van der Waals surface area contributed by atoms with Crippen molar-refractivity contribution >= 4 is 5.91 Å². The monoisotopic (exact) mass is 386 g/mol. The minimum atomic E-state index is -0.131. The summed E-state index contributed by atoms with van der Waals surface area (Å²) in [4.78, 5) is 24.2. The molecule has 0 fully saturated rings. The lowest BCUT2D eigenvalue weighted by Crippen LogP contribution is -2.43. The summed E-state index contributed by atoms with van der Waals surface area (Å²) in [5.41, 5.74) is 4.93. The normalized spacial score (nSPS) is 14.8. The third-order valence-corrected chi connectivity index (χ3v) is 5.32. The van der Waals surface area contributed by atoms with Gasteiger partial charge in [0.2, 0.25) is 0 Å². The zero-order valence-electron chi connectivity index (χ0n) is 16.9. The first-order valence-corrected chi connectivity index (χ1v) is 10.1. The van der Waals surface area contributed by atoms with E-state index in [1.54, 1.807) is 6.20 Å². The summed E-state index contributed by atoms with van der Waals surface area (Å²) in [6, 6.07) is 18.4. The molecular weight excluding hydrogens is 360 g/mol. The van der Waals surface area contributed by atoms with Crippen LogP contribution < -0.4 is 5.32 Å². The molecule has 0 unspecified atom stereocenters. The van der Waals surface area contributed by atoms with E-state index < -0.39 is 0 Å². The molecule has 5 nitrogen and oxygen atoms in total. The molecule has 1 aromatic heterocycles. The number of nitrogens with zero attached hydrogens (tertiary/aromatic N) is 3. The molecule has 1 amide bonds. The summed E-state index contributed by atoms with van der Waals surface area (Å²) in [7, 11) is 0. The van der Waals surface area contributed by atoms with Gasteiger partial charge in [-0.1, -0.05) is 54.6 Å². The minimum Gasteiger partial charge on any atom is -0.348 e. The van der Waals surface area contributed by atoms with E-state index in [0.717, 1.165) is 31.6 Å². The number of carbonyl (C=O) groups excluding carboxylic acids is 1. The molecule has 29 heavy (non-hydrogen) atoms. The van der Waals surface area contributed by atoms with Crippen molar-refractivity contribution in [2.75, 3.05) is 13.1 Å². The lowest BCUT2D eigenvalue weighted by Gasteiger charge is -2.31. The number of carbonyl (C=O) groups is 1. The van der Waals surface area contributed by atoms with Gasteiger partial charge in [0.25, 0.3) is 5.91 Å². The largest absolute Gasteiger partial charge is 0.348 e. The van der Waals surface area contributed by atoms with Crippen molar-refractivity contribution < 1.29 is 4.79 Å². The molecule has 4 rings (SSSR count). The summed E-state index contributed by atoms with van der Waals surface area (Å²) in [6.07, 6.45) is 2.69. The van der Waals surface area contributed by atoms with E-state index in [1.807, 2.05) is 37.3 Å². The van der Waals surface area contributed by atoms with Crippen LogP contribution in [0.2, 0.25) is 0 Å². The molecule has 148 valence electrons. The smallest absolute Gasteiger partial charge is 0.255 e. The Morgan fingerprint density at radius 3 is 2.62 bits per heavy atom. The van der Waals surface area contributed by atoms with Crippen LogP contribution in [0.5, 0.6) is 0 Å². The van der Waals surface area contributed by atoms with Gasteiger partial charge in [-0.05, 0) is 31.4 Å². The minimum absolute atomic E-state index is 0.0256. The Morgan fingerprint density at radius 1 is 1.10 bits per heavy atom. The molecule has 1 N–H and O–H groups in total. The standard InChI is InChI=1S/C24H26N4O/c1-17(15-28-13-12-19-8-6-7-11-21(19)16-28)26-24(29)22-14-25-18(2)27-23(22)20-9-4-3-5-10-20/h3-11,14,17H,12-13,15-16H2,1-2H3,(H,26,29)/t17-/m1/s1. The Morgan fingerprint density at radius 2 is 1.83 bits per heavy atom. The third kappa shape index (κ3) is 4.51. The van der Waals surface area contributed by atoms with Crippen molar-refractivity contribution in [3.63, 3.8) is 0 Å². The van der Waals surface area contributed by atoms with Crippen molar-refractivity contribution in [2.24, 2.45) is 0 Å². The fourth-order valence-corrected chi connectivity index (χ4v) is 3.90. The average molecular weight is 386 g/mol. The van der Waals surface area contributed by atoms with Gasteiger partial charge < -0.3 is 5.32 Å². The van der Waals surface area contributed by atoms with Crippen LogP contribution in [-0.2, 0) is 13.0 Å². The Balaban J connectivity index is 1.45. The van der Waals surface area contributed by atoms with Crippen LogP contribution in [0.25, 0.3) is 11.3 Å². The van der Waals surface area contributed by atoms with Gasteiger partial charge in [-0.25, -0.2) is 9.97 Å². The topological polar surface area (TPSA) is 58.1 Å². The molecule has 3 aromatic rings. The van der Waals surface area contributed by atoms with Gasteiger partial charge in [-0.3, -0.25) is 9.69 Å². The molecule has 0 aliphatic carbocycles. The van der Waals surface area contributed by atoms with E-state index in [9.17, 15) is 4.79 Å². The highest BCUT2D eigenvalue weighted by atomic mass is 16.1. The average Bonchev–Trinajstić information content (AvgIpc) is 2.74. The second kappa shape index (κ2) is 8.53. The zero-order valence-corrected chi connectivity index (χ0v) is 16.9. The van der Waals surface area contributed by atoms with Gasteiger partial charge in [-0.15, -0.1) is 0 Å². The predicted molar refractivity (Wildman–Crippen MR) is 115 cm³/mol. The third-order valence-electron chi connectivity index (χ3n) is 5.32. The van der Waals surface area contributed by atoms with Crippen molar-refractivity contribution in [3.8, 4) is 11.3 Å². The SMILES string of the molecule is Cc1ncc(C(=O)N[C@H](C)CN2CCc3ccccc3C2)c(-c2ccccc2)n1. The molecule has 0 saturated heterocycles. The van der Waals surface area contributed by atoms with E-state index in [0.29, 0.717) is 17.1 Å². The van der Waals surface area contributed by atoms with Crippen molar-refractivity contribution in [2.45, 2.75) is 32.9 Å². The van der Waals surface area contributed by atoms with Crippen LogP contribution in [0.4, 0.5) is 0 Å². The Bertz CT molecular complexity index is 1000. The second-order valence-electron chi connectivity index (χ2n) is 7.67. The van der Waals surface area contributed by atoms with Crippen LogP contribution in [0.3, 0.4) is 0 Å². The number of hydrogen-bond acceptors (Lipinski definition) is 4. The number of aromatic nitrogens is 2. The molecular formula is C24H26N4O. The predicted octanol–water partition coefficient (Wildman–Crippen LogP) is 3.63. The molecule has 1 aliphatic heterocycles. The molecule has 2 aromatic carbocycles. The quantitative estimate of drug-likeness (QED) is 0.728. The molecule has 0 bridgehead atoms. The fraction of sp³-hybridized carbons (Fsp3) is 0.292. The zero-order chi connectivity index (χ0) is 20.2. The van der Waals surface area contributed by atoms with Gasteiger partial charge in [0.15, 0.2) is 0 Å². The number of hydrogen-bond donors (Lipinski definition) is 1. The number of nitrogens with one attached hydrogen (secondary N) is 1. The number of fused-ring (bicyclic) bond motifs is 1. The number of aryl methyl sites for hydroxylation is 1. The maximum atomic E-state index is 13.0. The summed E-state index contributed by atoms with van der Waals surface area (Å²) in [5.74, 6) is 0.522. The molecule has 2 heterocycles. The highest BCUT2D eigenvalue weighted by molar-refractivity contribution is 5.99. The van der Waals surface area contributed by atoms with E-state index in [4.69, 9.17) is 0 Å². The Hall–Kier alpha value is -3.05. The van der Waals surface area contributed by atoms with Crippen molar-refractivity contribution in [1.82, 2.24) is 20.2 Å². The lowest BCUT2D eigenvalue weighted by molar-refractivity contribution is 0.0927. The van der Waals surface area contributed by atoms with E-state index >= 15 is 0 Å². The van der Waals surface area contributed by atoms with Crippen LogP contribution in [0.1, 0.15) is 34.2 Å². The molecule has 1 atom stereocenters. The van der Waals surface area contributed by atoms with Crippen LogP contribution in [-0.4, -0.2) is 39.9 Å². The molecule has 5 heteroatoms. The Labute approximate surface area is 171 Å². The van der Waals surface area contributed by atoms with Gasteiger partial charge in [0, 0.05) is 37.4 Å². The van der Waals surface area contributed by atoms with Crippen LogP contribution in [0, 0.1) is 6.92 Å². The Kier molecular flexibility index (Phi) is 5.67. The van der Waals surface area contributed by atoms with Crippen LogP contribution >= 0.6 is 0 Å². The molecule has 0 radical (unpaired) electrons. The summed E-state index contributed by atoms with van der Waals surface area (Å²) in [6.45, 7) is 6.65. The summed E-state index contributed by atoms with van der Waals surface area (Å²) < 4.78 is 0. The van der Waals surface area contributed by atoms with E-state index in [-0.39, 0.29) is 11.9 Å².